The van der Waals surface area contributed by atoms with Crippen molar-refractivity contribution in [3.05, 3.63) is 0 Å². The van der Waals surface area contributed by atoms with Crippen LogP contribution in [0.15, 0.2) is 0 Å². The van der Waals surface area contributed by atoms with Gasteiger partial charge in [-0.3, -0.25) is 9.59 Å². The van der Waals surface area contributed by atoms with Crippen LogP contribution in [0.1, 0.15) is 85.5 Å². The van der Waals surface area contributed by atoms with Crippen LogP contribution in [0.2, 0.25) is 0 Å². The number of hydrogen-bond donors (Lipinski definition) is 1. The zero-order valence-electron chi connectivity index (χ0n) is 15.9. The van der Waals surface area contributed by atoms with Crippen LogP contribution in [0.25, 0.3) is 0 Å². The largest absolute Gasteiger partial charge is 0.481 e. The van der Waals surface area contributed by atoms with E-state index in [1.54, 1.807) is 0 Å². The van der Waals surface area contributed by atoms with Gasteiger partial charge in [0.25, 0.3) is 0 Å². The molecule has 4 heteroatoms. The van der Waals surface area contributed by atoms with Gasteiger partial charge < -0.3 is 9.84 Å². The van der Waals surface area contributed by atoms with Crippen molar-refractivity contribution in [3.63, 3.8) is 0 Å². The van der Waals surface area contributed by atoms with Crippen LogP contribution in [0.3, 0.4) is 0 Å². The van der Waals surface area contributed by atoms with Crippen LogP contribution in [0.4, 0.5) is 0 Å². The first-order valence-corrected chi connectivity index (χ1v) is 9.74. The number of rotatable bonds is 10. The molecule has 0 aromatic rings. The van der Waals surface area contributed by atoms with Crippen molar-refractivity contribution < 1.29 is 19.4 Å². The third kappa shape index (κ3) is 7.67. The molecule has 140 valence electrons. The van der Waals surface area contributed by atoms with E-state index < -0.39 is 5.97 Å². The SMILES string of the molecule is CC(C)CCCCCC(OC(=O)C1CCCC(C(=O)O)C1)C(C)C. The van der Waals surface area contributed by atoms with E-state index in [0.29, 0.717) is 18.8 Å². The Labute approximate surface area is 147 Å². The summed E-state index contributed by atoms with van der Waals surface area (Å²) < 4.78 is 5.78. The number of carbonyl (C=O) groups excluding carboxylic acids is 1. The molecule has 0 heterocycles. The first-order chi connectivity index (χ1) is 11.3. The highest BCUT2D eigenvalue weighted by Gasteiger charge is 2.33. The van der Waals surface area contributed by atoms with E-state index in [0.717, 1.165) is 31.6 Å². The Morgan fingerprint density at radius 1 is 1.00 bits per heavy atom. The zero-order valence-corrected chi connectivity index (χ0v) is 15.9. The minimum absolute atomic E-state index is 0.0400. The highest BCUT2D eigenvalue weighted by Crippen LogP contribution is 2.31. The lowest BCUT2D eigenvalue weighted by Crippen LogP contribution is -2.32. The van der Waals surface area contributed by atoms with Gasteiger partial charge in [0.05, 0.1) is 11.8 Å². The Balaban J connectivity index is 2.40. The fraction of sp³-hybridized carbons (Fsp3) is 0.900. The van der Waals surface area contributed by atoms with Crippen LogP contribution in [-0.2, 0) is 14.3 Å². The second-order valence-electron chi connectivity index (χ2n) is 8.15. The molecule has 1 saturated carbocycles. The Morgan fingerprint density at radius 2 is 1.62 bits per heavy atom. The van der Waals surface area contributed by atoms with Crippen LogP contribution in [-0.4, -0.2) is 23.1 Å². The Morgan fingerprint density at radius 3 is 2.21 bits per heavy atom. The molecular weight excluding hydrogens is 304 g/mol. The van der Waals surface area contributed by atoms with E-state index in [4.69, 9.17) is 9.84 Å². The van der Waals surface area contributed by atoms with Crippen molar-refractivity contribution in [2.45, 2.75) is 91.6 Å². The van der Waals surface area contributed by atoms with Gasteiger partial charge in [-0.25, -0.2) is 0 Å². The Hall–Kier alpha value is -1.06. The molecule has 0 radical (unpaired) electrons. The number of ether oxygens (including phenoxy) is 1. The number of carboxylic acid groups (broad SMARTS) is 1. The number of carboxylic acids is 1. The number of aliphatic carboxylic acids is 1. The van der Waals surface area contributed by atoms with E-state index >= 15 is 0 Å². The molecule has 0 aromatic heterocycles. The maximum atomic E-state index is 12.4. The minimum atomic E-state index is -0.780. The number of carbonyl (C=O) groups is 2. The Bertz CT molecular complexity index is 389. The number of unbranched alkanes of at least 4 members (excludes halogenated alkanes) is 2. The van der Waals surface area contributed by atoms with Crippen molar-refractivity contribution in [2.24, 2.45) is 23.7 Å². The molecular formula is C20H36O4. The third-order valence-corrected chi connectivity index (χ3v) is 5.14. The van der Waals surface area contributed by atoms with Gasteiger partial charge >= 0.3 is 11.9 Å². The molecule has 0 amide bonds. The lowest BCUT2D eigenvalue weighted by molar-refractivity contribution is -0.159. The van der Waals surface area contributed by atoms with Crippen molar-refractivity contribution in [2.75, 3.05) is 0 Å². The summed E-state index contributed by atoms with van der Waals surface area (Å²) in [4.78, 5) is 23.6. The number of esters is 1. The fourth-order valence-corrected chi connectivity index (χ4v) is 3.48. The lowest BCUT2D eigenvalue weighted by atomic mass is 9.81. The van der Waals surface area contributed by atoms with Gasteiger partial charge in [0.15, 0.2) is 0 Å². The zero-order chi connectivity index (χ0) is 18.1. The first-order valence-electron chi connectivity index (χ1n) is 9.74. The molecule has 4 nitrogen and oxygen atoms in total. The highest BCUT2D eigenvalue weighted by molar-refractivity contribution is 5.75. The molecule has 1 aliphatic carbocycles. The molecule has 1 N–H and O–H groups in total. The van der Waals surface area contributed by atoms with Crippen molar-refractivity contribution in [1.29, 1.82) is 0 Å². The molecule has 1 aliphatic rings. The molecule has 0 saturated heterocycles. The van der Waals surface area contributed by atoms with Gasteiger partial charge in [-0.15, -0.1) is 0 Å². The monoisotopic (exact) mass is 340 g/mol. The molecule has 0 aromatic carbocycles. The summed E-state index contributed by atoms with van der Waals surface area (Å²) in [5.74, 6) is -0.526. The van der Waals surface area contributed by atoms with Crippen molar-refractivity contribution in [1.82, 2.24) is 0 Å². The van der Waals surface area contributed by atoms with Crippen LogP contribution < -0.4 is 0 Å². The molecule has 1 rings (SSSR count). The van der Waals surface area contributed by atoms with E-state index in [1.807, 2.05) is 0 Å². The molecule has 0 bridgehead atoms. The maximum Gasteiger partial charge on any atom is 0.309 e. The maximum absolute atomic E-state index is 12.4. The molecule has 0 aliphatic heterocycles. The van der Waals surface area contributed by atoms with Gasteiger partial charge in [-0.2, -0.15) is 0 Å². The standard InChI is InChI=1S/C20H36O4/c1-14(2)9-6-5-7-12-18(15(3)4)24-20(23)17-11-8-10-16(13-17)19(21)22/h14-18H,5-13H2,1-4H3,(H,21,22). The molecule has 1 fully saturated rings. The fourth-order valence-electron chi connectivity index (χ4n) is 3.48. The van der Waals surface area contributed by atoms with Gasteiger partial charge in [0.2, 0.25) is 0 Å². The first kappa shape index (κ1) is 21.0. The lowest BCUT2D eigenvalue weighted by Gasteiger charge is -2.28. The second kappa shape index (κ2) is 10.7. The predicted octanol–water partition coefficient (Wildman–Crippen LogP) is 5.05. The summed E-state index contributed by atoms with van der Waals surface area (Å²) in [7, 11) is 0. The van der Waals surface area contributed by atoms with Gasteiger partial charge in [-0.05, 0) is 43.9 Å². The minimum Gasteiger partial charge on any atom is -0.481 e. The summed E-state index contributed by atoms with van der Waals surface area (Å²) in [6.45, 7) is 8.67. The quantitative estimate of drug-likeness (QED) is 0.446. The molecule has 24 heavy (non-hydrogen) atoms. The highest BCUT2D eigenvalue weighted by atomic mass is 16.5. The molecule has 0 spiro atoms. The van der Waals surface area contributed by atoms with Crippen molar-refractivity contribution >= 4 is 11.9 Å². The van der Waals surface area contributed by atoms with E-state index in [2.05, 4.69) is 27.7 Å². The van der Waals surface area contributed by atoms with Crippen LogP contribution >= 0.6 is 0 Å². The normalized spacial score (nSPS) is 22.6. The summed E-state index contributed by atoms with van der Waals surface area (Å²) in [6.07, 6.45) is 8.33. The van der Waals surface area contributed by atoms with E-state index in [9.17, 15) is 9.59 Å². The van der Waals surface area contributed by atoms with Crippen LogP contribution in [0.5, 0.6) is 0 Å². The summed E-state index contributed by atoms with van der Waals surface area (Å²) >= 11 is 0. The second-order valence-corrected chi connectivity index (χ2v) is 8.15. The average Bonchev–Trinajstić information content (AvgIpc) is 2.52. The summed E-state index contributed by atoms with van der Waals surface area (Å²) in [6, 6.07) is 0. The predicted molar refractivity (Wildman–Crippen MR) is 95.7 cm³/mol. The molecule has 3 unspecified atom stereocenters. The molecule has 3 atom stereocenters. The summed E-state index contributed by atoms with van der Waals surface area (Å²) in [5, 5.41) is 9.16. The van der Waals surface area contributed by atoms with Crippen LogP contribution in [0, 0.1) is 23.7 Å². The smallest absolute Gasteiger partial charge is 0.309 e. The van der Waals surface area contributed by atoms with Gasteiger partial charge in [0, 0.05) is 0 Å². The Kier molecular flexibility index (Phi) is 9.38. The van der Waals surface area contributed by atoms with E-state index in [-0.39, 0.29) is 23.9 Å². The third-order valence-electron chi connectivity index (χ3n) is 5.14. The van der Waals surface area contributed by atoms with Gasteiger partial charge in [-0.1, -0.05) is 53.4 Å². The average molecular weight is 341 g/mol. The topological polar surface area (TPSA) is 63.6 Å². The van der Waals surface area contributed by atoms with E-state index in [1.165, 1.54) is 19.3 Å². The van der Waals surface area contributed by atoms with Crippen molar-refractivity contribution in [3.8, 4) is 0 Å². The summed E-state index contributed by atoms with van der Waals surface area (Å²) in [5.41, 5.74) is 0. The van der Waals surface area contributed by atoms with Gasteiger partial charge in [0.1, 0.15) is 6.10 Å². The number of hydrogen-bond acceptors (Lipinski definition) is 3.